The number of carbonyl (C=O) groups is 1. The van der Waals surface area contributed by atoms with Crippen LogP contribution in [0.4, 0.5) is 10.1 Å². The molecule has 124 valence electrons. The maximum Gasteiger partial charge on any atom is 0.284 e. The van der Waals surface area contributed by atoms with Gasteiger partial charge in [-0.3, -0.25) is 9.69 Å². The number of para-hydroxylation sites is 1. The third-order valence-corrected chi connectivity index (χ3v) is 5.80. The summed E-state index contributed by atoms with van der Waals surface area (Å²) in [6.07, 6.45) is 0. The summed E-state index contributed by atoms with van der Waals surface area (Å²) in [6.45, 7) is 1.69. The third-order valence-electron chi connectivity index (χ3n) is 3.37. The Morgan fingerprint density at radius 2 is 1.71 bits per heavy atom. The molecule has 0 bridgehead atoms. The van der Waals surface area contributed by atoms with E-state index in [2.05, 4.69) is 4.40 Å². The van der Waals surface area contributed by atoms with Crippen LogP contribution < -0.4 is 4.90 Å². The van der Waals surface area contributed by atoms with Gasteiger partial charge in [-0.25, -0.2) is 4.39 Å². The first kappa shape index (κ1) is 16.7. The van der Waals surface area contributed by atoms with Gasteiger partial charge in [-0.2, -0.15) is 8.42 Å². The molecule has 0 N–H and O–H groups in total. The highest BCUT2D eigenvalue weighted by Crippen LogP contribution is 2.32. The van der Waals surface area contributed by atoms with E-state index in [0.29, 0.717) is 5.69 Å². The van der Waals surface area contributed by atoms with Crippen LogP contribution in [-0.4, -0.2) is 24.7 Å². The van der Waals surface area contributed by atoms with Crippen molar-refractivity contribution < 1.29 is 17.6 Å². The molecule has 0 saturated carbocycles. The van der Waals surface area contributed by atoms with Crippen LogP contribution in [0.15, 0.2) is 63.9 Å². The SMILES string of the molecule is C[C@@H]1SC(=NS(=O)(=O)c2ccc(F)cc2)N(c2ccccc2)C1=O. The zero-order valence-corrected chi connectivity index (χ0v) is 14.2. The molecule has 24 heavy (non-hydrogen) atoms. The van der Waals surface area contributed by atoms with Crippen LogP contribution in [0.1, 0.15) is 6.92 Å². The Morgan fingerprint density at radius 3 is 2.33 bits per heavy atom. The fourth-order valence-electron chi connectivity index (χ4n) is 2.18. The Bertz CT molecular complexity index is 897. The van der Waals surface area contributed by atoms with E-state index in [-0.39, 0.29) is 16.0 Å². The minimum absolute atomic E-state index is 0.0861. The highest BCUT2D eigenvalue weighted by molar-refractivity contribution is 8.16. The molecule has 3 rings (SSSR count). The van der Waals surface area contributed by atoms with E-state index < -0.39 is 21.1 Å². The van der Waals surface area contributed by atoms with Crippen molar-refractivity contribution in [3.05, 3.63) is 60.4 Å². The summed E-state index contributed by atoms with van der Waals surface area (Å²) in [4.78, 5) is 13.5. The Morgan fingerprint density at radius 1 is 1.08 bits per heavy atom. The first-order valence-corrected chi connectivity index (χ1v) is 9.37. The second kappa shape index (κ2) is 6.37. The number of rotatable bonds is 3. The van der Waals surface area contributed by atoms with Gasteiger partial charge in [-0.1, -0.05) is 30.0 Å². The molecule has 1 amide bonds. The summed E-state index contributed by atoms with van der Waals surface area (Å²) >= 11 is 1.07. The molecule has 1 heterocycles. The van der Waals surface area contributed by atoms with E-state index in [0.717, 1.165) is 36.0 Å². The Balaban J connectivity index is 2.04. The maximum absolute atomic E-state index is 13.0. The zero-order valence-electron chi connectivity index (χ0n) is 12.6. The normalized spacial score (nSPS) is 19.9. The largest absolute Gasteiger partial charge is 0.284 e. The summed E-state index contributed by atoms with van der Waals surface area (Å²) in [5.74, 6) is -0.772. The summed E-state index contributed by atoms with van der Waals surface area (Å²) in [6, 6.07) is 13.1. The highest BCUT2D eigenvalue weighted by atomic mass is 32.2. The average Bonchev–Trinajstić information content (AvgIpc) is 2.82. The first-order valence-electron chi connectivity index (χ1n) is 7.05. The second-order valence-corrected chi connectivity index (χ2v) is 7.98. The molecule has 8 heteroatoms. The number of hydrogen-bond donors (Lipinski definition) is 0. The molecule has 1 fully saturated rings. The molecule has 2 aromatic rings. The number of halogens is 1. The standard InChI is InChI=1S/C16H13FN2O3S2/c1-11-15(20)19(13-5-3-2-4-6-13)16(23-11)18-24(21,22)14-9-7-12(17)8-10-14/h2-11H,1H3/t11-/m0/s1. The van der Waals surface area contributed by atoms with Crippen molar-refractivity contribution in [2.75, 3.05) is 4.90 Å². The number of anilines is 1. The fraction of sp³-hybridized carbons (Fsp3) is 0.125. The smallest absolute Gasteiger partial charge is 0.273 e. The van der Waals surface area contributed by atoms with E-state index in [9.17, 15) is 17.6 Å². The van der Waals surface area contributed by atoms with E-state index >= 15 is 0 Å². The number of amidine groups is 1. The Kier molecular flexibility index (Phi) is 4.42. The number of carbonyl (C=O) groups excluding carboxylic acids is 1. The predicted molar refractivity (Wildman–Crippen MR) is 92.0 cm³/mol. The van der Waals surface area contributed by atoms with Gasteiger partial charge in [0.25, 0.3) is 10.0 Å². The van der Waals surface area contributed by atoms with Gasteiger partial charge in [0.05, 0.1) is 15.8 Å². The minimum atomic E-state index is -4.04. The lowest BCUT2D eigenvalue weighted by molar-refractivity contribution is -0.116. The van der Waals surface area contributed by atoms with Gasteiger partial charge >= 0.3 is 0 Å². The van der Waals surface area contributed by atoms with Crippen LogP contribution >= 0.6 is 11.8 Å². The molecule has 0 unspecified atom stereocenters. The molecule has 1 atom stereocenters. The molecular formula is C16H13FN2O3S2. The fourth-order valence-corrected chi connectivity index (χ4v) is 4.34. The summed E-state index contributed by atoms with van der Waals surface area (Å²) in [5.41, 5.74) is 0.549. The quantitative estimate of drug-likeness (QED) is 0.840. The van der Waals surface area contributed by atoms with Crippen molar-refractivity contribution in [3.63, 3.8) is 0 Å². The number of nitrogens with zero attached hydrogens (tertiary/aromatic N) is 2. The van der Waals surface area contributed by atoms with Gasteiger partial charge in [0.2, 0.25) is 5.91 Å². The second-order valence-electron chi connectivity index (χ2n) is 5.07. The molecular weight excluding hydrogens is 351 g/mol. The Labute approximate surface area is 143 Å². The van der Waals surface area contributed by atoms with Crippen molar-refractivity contribution >= 4 is 38.5 Å². The van der Waals surface area contributed by atoms with E-state index in [1.54, 1.807) is 37.3 Å². The monoisotopic (exact) mass is 364 g/mol. The molecule has 1 aliphatic rings. The molecule has 2 aromatic carbocycles. The molecule has 0 aromatic heterocycles. The van der Waals surface area contributed by atoms with Crippen LogP contribution in [-0.2, 0) is 14.8 Å². The predicted octanol–water partition coefficient (Wildman–Crippen LogP) is 3.04. The Hall–Kier alpha value is -2.19. The van der Waals surface area contributed by atoms with Crippen molar-refractivity contribution in [1.29, 1.82) is 0 Å². The number of benzene rings is 2. The first-order chi connectivity index (χ1) is 11.4. The van der Waals surface area contributed by atoms with Crippen LogP contribution in [0.2, 0.25) is 0 Å². The zero-order chi connectivity index (χ0) is 17.3. The average molecular weight is 364 g/mol. The van der Waals surface area contributed by atoms with E-state index in [1.165, 1.54) is 4.90 Å². The number of hydrogen-bond acceptors (Lipinski definition) is 4. The van der Waals surface area contributed by atoms with Crippen molar-refractivity contribution in [2.45, 2.75) is 17.1 Å². The maximum atomic E-state index is 13.0. The molecule has 5 nitrogen and oxygen atoms in total. The van der Waals surface area contributed by atoms with Crippen LogP contribution in [0.25, 0.3) is 0 Å². The van der Waals surface area contributed by atoms with Crippen molar-refractivity contribution in [2.24, 2.45) is 4.40 Å². The van der Waals surface area contributed by atoms with Gasteiger partial charge in [0, 0.05) is 0 Å². The number of sulfonamides is 1. The number of amides is 1. The van der Waals surface area contributed by atoms with Gasteiger partial charge in [-0.05, 0) is 43.3 Å². The van der Waals surface area contributed by atoms with Gasteiger partial charge < -0.3 is 0 Å². The van der Waals surface area contributed by atoms with Crippen LogP contribution in [0, 0.1) is 5.82 Å². The number of thioether (sulfide) groups is 1. The minimum Gasteiger partial charge on any atom is -0.273 e. The lowest BCUT2D eigenvalue weighted by Crippen LogP contribution is -2.31. The van der Waals surface area contributed by atoms with Gasteiger partial charge in [0.15, 0.2) is 5.17 Å². The van der Waals surface area contributed by atoms with Gasteiger partial charge in [0.1, 0.15) is 5.82 Å². The van der Waals surface area contributed by atoms with Crippen LogP contribution in [0.3, 0.4) is 0 Å². The molecule has 1 aliphatic heterocycles. The summed E-state index contributed by atoms with van der Waals surface area (Å²) in [5, 5.41) is -0.351. The summed E-state index contributed by atoms with van der Waals surface area (Å²) in [7, 11) is -4.04. The highest BCUT2D eigenvalue weighted by Gasteiger charge is 2.37. The summed E-state index contributed by atoms with van der Waals surface area (Å²) < 4.78 is 41.6. The van der Waals surface area contributed by atoms with Crippen molar-refractivity contribution in [1.82, 2.24) is 0 Å². The lowest BCUT2D eigenvalue weighted by atomic mass is 10.3. The molecule has 0 radical (unpaired) electrons. The van der Waals surface area contributed by atoms with E-state index in [1.807, 2.05) is 0 Å². The van der Waals surface area contributed by atoms with Crippen molar-refractivity contribution in [3.8, 4) is 0 Å². The molecule has 1 saturated heterocycles. The molecule has 0 spiro atoms. The third kappa shape index (κ3) is 3.20. The lowest BCUT2D eigenvalue weighted by Gasteiger charge is -2.15. The topological polar surface area (TPSA) is 66.8 Å². The van der Waals surface area contributed by atoms with Gasteiger partial charge in [-0.15, -0.1) is 4.40 Å². The van der Waals surface area contributed by atoms with Crippen LogP contribution in [0.5, 0.6) is 0 Å². The molecule has 0 aliphatic carbocycles. The van der Waals surface area contributed by atoms with E-state index in [4.69, 9.17) is 0 Å².